The van der Waals surface area contributed by atoms with E-state index >= 15 is 0 Å². The Morgan fingerprint density at radius 1 is 1.10 bits per heavy atom. The lowest BCUT2D eigenvalue weighted by atomic mass is 10.2. The summed E-state index contributed by atoms with van der Waals surface area (Å²) in [6.45, 7) is 5.92. The highest BCUT2D eigenvalue weighted by molar-refractivity contribution is 5.94. The Morgan fingerprint density at radius 3 is 2.33 bits per heavy atom. The van der Waals surface area contributed by atoms with Crippen molar-refractivity contribution in [3.8, 4) is 5.75 Å². The maximum atomic E-state index is 12.5. The predicted molar refractivity (Wildman–Crippen MR) is 80.3 cm³/mol. The molecule has 1 aliphatic heterocycles. The summed E-state index contributed by atoms with van der Waals surface area (Å²) in [7, 11) is 1.59. The van der Waals surface area contributed by atoms with Gasteiger partial charge in [0.25, 0.3) is 5.91 Å². The topological polar surface area (TPSA) is 49.9 Å². The fraction of sp³-hybridized carbons (Fsp3) is 0.375. The second kappa shape index (κ2) is 6.92. The van der Waals surface area contributed by atoms with Gasteiger partial charge in [0.1, 0.15) is 5.75 Å². The first-order chi connectivity index (χ1) is 10.2. The smallest absolute Gasteiger partial charge is 0.253 e. The number of benzene rings is 1. The van der Waals surface area contributed by atoms with Crippen molar-refractivity contribution in [3.05, 3.63) is 42.5 Å². The molecule has 0 N–H and O–H groups in total. The zero-order valence-electron chi connectivity index (χ0n) is 12.2. The van der Waals surface area contributed by atoms with Gasteiger partial charge in [-0.2, -0.15) is 0 Å². The van der Waals surface area contributed by atoms with Gasteiger partial charge in [-0.05, 0) is 36.8 Å². The van der Waals surface area contributed by atoms with Gasteiger partial charge in [0.15, 0.2) is 0 Å². The number of methoxy groups -OCH3 is 1. The molecular weight excluding hydrogens is 268 g/mol. The second-order valence-electron chi connectivity index (χ2n) is 4.90. The molecule has 1 fully saturated rings. The molecule has 21 heavy (non-hydrogen) atoms. The van der Waals surface area contributed by atoms with Gasteiger partial charge in [-0.25, -0.2) is 0 Å². The molecule has 5 nitrogen and oxygen atoms in total. The fourth-order valence-corrected chi connectivity index (χ4v) is 2.39. The van der Waals surface area contributed by atoms with E-state index in [0.29, 0.717) is 31.7 Å². The minimum Gasteiger partial charge on any atom is -0.497 e. The SMILES string of the molecule is C=CC(=O)N1CCCN(C(=O)c2ccc(OC)cc2)CC1. The van der Waals surface area contributed by atoms with E-state index in [4.69, 9.17) is 4.74 Å². The van der Waals surface area contributed by atoms with E-state index in [0.717, 1.165) is 12.2 Å². The van der Waals surface area contributed by atoms with Gasteiger partial charge in [0.2, 0.25) is 5.91 Å². The van der Waals surface area contributed by atoms with E-state index in [1.54, 1.807) is 41.2 Å². The van der Waals surface area contributed by atoms with E-state index in [1.807, 2.05) is 0 Å². The van der Waals surface area contributed by atoms with Crippen LogP contribution in [-0.2, 0) is 4.79 Å². The van der Waals surface area contributed by atoms with Crippen LogP contribution < -0.4 is 4.74 Å². The van der Waals surface area contributed by atoms with Gasteiger partial charge in [0.05, 0.1) is 7.11 Å². The Kier molecular flexibility index (Phi) is 4.98. The first kappa shape index (κ1) is 15.1. The first-order valence-electron chi connectivity index (χ1n) is 7.00. The average molecular weight is 288 g/mol. The van der Waals surface area contributed by atoms with Gasteiger partial charge in [-0.1, -0.05) is 6.58 Å². The largest absolute Gasteiger partial charge is 0.497 e. The summed E-state index contributed by atoms with van der Waals surface area (Å²) in [6.07, 6.45) is 2.10. The van der Waals surface area contributed by atoms with Crippen LogP contribution in [0.2, 0.25) is 0 Å². The molecule has 0 radical (unpaired) electrons. The van der Waals surface area contributed by atoms with E-state index in [9.17, 15) is 9.59 Å². The Morgan fingerprint density at radius 2 is 1.71 bits per heavy atom. The predicted octanol–water partition coefficient (Wildman–Crippen LogP) is 1.56. The van der Waals surface area contributed by atoms with Crippen molar-refractivity contribution in [1.29, 1.82) is 0 Å². The molecule has 1 aromatic rings. The highest BCUT2D eigenvalue weighted by atomic mass is 16.5. The monoisotopic (exact) mass is 288 g/mol. The number of carbonyl (C=O) groups excluding carboxylic acids is 2. The zero-order chi connectivity index (χ0) is 15.2. The second-order valence-corrected chi connectivity index (χ2v) is 4.90. The molecule has 0 unspecified atom stereocenters. The molecule has 0 spiro atoms. The van der Waals surface area contributed by atoms with Gasteiger partial charge < -0.3 is 14.5 Å². The molecule has 5 heteroatoms. The van der Waals surface area contributed by atoms with Crippen molar-refractivity contribution in [1.82, 2.24) is 9.80 Å². The van der Waals surface area contributed by atoms with Gasteiger partial charge in [-0.3, -0.25) is 9.59 Å². The third-order valence-electron chi connectivity index (χ3n) is 3.61. The fourth-order valence-electron chi connectivity index (χ4n) is 2.39. The van der Waals surface area contributed by atoms with Gasteiger partial charge >= 0.3 is 0 Å². The molecule has 0 aromatic heterocycles. The summed E-state index contributed by atoms with van der Waals surface area (Å²) in [6, 6.07) is 7.08. The highest BCUT2D eigenvalue weighted by Gasteiger charge is 2.21. The number of rotatable bonds is 3. The maximum absolute atomic E-state index is 12.5. The molecule has 0 aliphatic carbocycles. The molecule has 0 bridgehead atoms. The van der Waals surface area contributed by atoms with Crippen molar-refractivity contribution in [2.24, 2.45) is 0 Å². The molecule has 2 amide bonds. The number of ether oxygens (including phenoxy) is 1. The number of hydrogen-bond acceptors (Lipinski definition) is 3. The molecule has 1 aromatic carbocycles. The quantitative estimate of drug-likeness (QED) is 0.793. The van der Waals surface area contributed by atoms with Crippen molar-refractivity contribution in [3.63, 3.8) is 0 Å². The summed E-state index contributed by atoms with van der Waals surface area (Å²) in [5.41, 5.74) is 0.638. The van der Waals surface area contributed by atoms with Gasteiger partial charge in [-0.15, -0.1) is 0 Å². The van der Waals surface area contributed by atoms with Crippen LogP contribution in [0.3, 0.4) is 0 Å². The van der Waals surface area contributed by atoms with Crippen LogP contribution in [0.15, 0.2) is 36.9 Å². The number of amides is 2. The number of carbonyl (C=O) groups is 2. The summed E-state index contributed by atoms with van der Waals surface area (Å²) >= 11 is 0. The first-order valence-corrected chi connectivity index (χ1v) is 7.00. The van der Waals surface area contributed by atoms with Crippen molar-refractivity contribution >= 4 is 11.8 Å². The molecule has 1 heterocycles. The Labute approximate surface area is 124 Å². The summed E-state index contributed by atoms with van der Waals surface area (Å²) in [4.78, 5) is 27.6. The van der Waals surface area contributed by atoms with E-state index in [1.165, 1.54) is 6.08 Å². The van der Waals surface area contributed by atoms with Crippen LogP contribution in [0.5, 0.6) is 5.75 Å². The molecule has 1 saturated heterocycles. The van der Waals surface area contributed by atoms with E-state index in [2.05, 4.69) is 6.58 Å². The third-order valence-corrected chi connectivity index (χ3v) is 3.61. The van der Waals surface area contributed by atoms with Gasteiger partial charge in [0, 0.05) is 31.7 Å². The molecule has 1 aliphatic rings. The van der Waals surface area contributed by atoms with E-state index in [-0.39, 0.29) is 11.8 Å². The molecular formula is C16H20N2O3. The standard InChI is InChI=1S/C16H20N2O3/c1-3-15(19)17-9-4-10-18(12-11-17)16(20)13-5-7-14(21-2)8-6-13/h3,5-8H,1,4,9-12H2,2H3. The van der Waals surface area contributed by atoms with Crippen molar-refractivity contribution < 1.29 is 14.3 Å². The summed E-state index contributed by atoms with van der Waals surface area (Å²) in [5.74, 6) is 0.643. The van der Waals surface area contributed by atoms with Crippen LogP contribution in [0.1, 0.15) is 16.8 Å². The van der Waals surface area contributed by atoms with Crippen molar-refractivity contribution in [2.45, 2.75) is 6.42 Å². The Bertz CT molecular complexity index is 525. The summed E-state index contributed by atoms with van der Waals surface area (Å²) in [5, 5.41) is 0. The van der Waals surface area contributed by atoms with E-state index < -0.39 is 0 Å². The Balaban J connectivity index is 2.02. The molecule has 0 atom stereocenters. The molecule has 112 valence electrons. The van der Waals surface area contributed by atoms with Crippen molar-refractivity contribution in [2.75, 3.05) is 33.3 Å². The zero-order valence-corrected chi connectivity index (χ0v) is 12.2. The number of hydrogen-bond donors (Lipinski definition) is 0. The average Bonchev–Trinajstić information content (AvgIpc) is 2.79. The lowest BCUT2D eigenvalue weighted by molar-refractivity contribution is -0.125. The molecule has 2 rings (SSSR count). The minimum atomic E-state index is -0.0752. The normalized spacial score (nSPS) is 15.3. The Hall–Kier alpha value is -2.30. The van der Waals surface area contributed by atoms with Crippen LogP contribution >= 0.6 is 0 Å². The van der Waals surface area contributed by atoms with Crippen LogP contribution in [0.25, 0.3) is 0 Å². The lowest BCUT2D eigenvalue weighted by Gasteiger charge is -2.21. The van der Waals surface area contributed by atoms with Crippen LogP contribution in [0, 0.1) is 0 Å². The third kappa shape index (κ3) is 3.62. The lowest BCUT2D eigenvalue weighted by Crippen LogP contribution is -2.36. The summed E-state index contributed by atoms with van der Waals surface area (Å²) < 4.78 is 5.09. The van der Waals surface area contributed by atoms with Crippen LogP contribution in [-0.4, -0.2) is 54.9 Å². The highest BCUT2D eigenvalue weighted by Crippen LogP contribution is 2.14. The molecule has 0 saturated carbocycles. The minimum absolute atomic E-state index is 0.00875. The maximum Gasteiger partial charge on any atom is 0.253 e. The number of nitrogens with zero attached hydrogens (tertiary/aromatic N) is 2. The van der Waals surface area contributed by atoms with Crippen LogP contribution in [0.4, 0.5) is 0 Å².